The number of hydrogen-bond acceptors (Lipinski definition) is 10. The number of methoxy groups -OCH3 is 2. The number of aliphatic carboxylic acids is 1. The van der Waals surface area contributed by atoms with Crippen molar-refractivity contribution < 1.29 is 43.2 Å². The van der Waals surface area contributed by atoms with E-state index in [2.05, 4.69) is 0 Å². The van der Waals surface area contributed by atoms with Crippen molar-refractivity contribution in [3.8, 4) is 23.0 Å². The van der Waals surface area contributed by atoms with Gasteiger partial charge >= 0.3 is 5.97 Å². The van der Waals surface area contributed by atoms with E-state index in [-0.39, 0.29) is 29.2 Å². The maximum atomic E-state index is 12.8. The largest absolute Gasteiger partial charge is 0.493 e. The summed E-state index contributed by atoms with van der Waals surface area (Å²) < 4.78 is 24.9. The third-order valence-electron chi connectivity index (χ3n) is 7.99. The van der Waals surface area contributed by atoms with Crippen LogP contribution in [0, 0.1) is 23.7 Å². The number of Topliss-reactive ketones (excluding diaryl/α,β-unsaturated/α-hetero) is 3. The van der Waals surface area contributed by atoms with E-state index in [1.165, 1.54) is 29.6 Å². The predicted molar refractivity (Wildman–Crippen MR) is 163 cm³/mol. The first kappa shape index (κ1) is 29.1. The molecule has 0 spiro atoms. The standard InChI is InChI=1S/C32H30O9S2/c1-15(33)18-11-19(18)30(34)28-9-16-7-24(22(38-2)13-26(16)42-28)40-5-4-6-41-25-8-17-10-29(43-27(17)14-23(25)39-3)31(35)20-12-21(20)32(36)37/h7-10,13-14,18-21H,4-6,11-12H2,1-3H3,(H,36,37)/t18-,19+,20-,21-/m1/s1. The quantitative estimate of drug-likeness (QED) is 0.128. The summed E-state index contributed by atoms with van der Waals surface area (Å²) in [5.74, 6) is -0.144. The van der Waals surface area contributed by atoms with E-state index in [1.54, 1.807) is 20.3 Å². The highest BCUT2D eigenvalue weighted by atomic mass is 32.1. The Bertz CT molecular complexity index is 1640. The number of ether oxygens (including phenoxy) is 4. The van der Waals surface area contributed by atoms with Crippen LogP contribution in [0.15, 0.2) is 36.4 Å². The van der Waals surface area contributed by atoms with E-state index >= 15 is 0 Å². The normalized spacial score (nSPS) is 20.5. The van der Waals surface area contributed by atoms with Crippen LogP contribution in [-0.2, 0) is 9.59 Å². The molecule has 2 heterocycles. The fourth-order valence-corrected chi connectivity index (χ4v) is 7.52. The monoisotopic (exact) mass is 622 g/mol. The molecule has 9 nitrogen and oxygen atoms in total. The Morgan fingerprint density at radius 3 is 1.56 bits per heavy atom. The van der Waals surface area contributed by atoms with Gasteiger partial charge in [-0.05, 0) is 54.8 Å². The van der Waals surface area contributed by atoms with Crippen molar-refractivity contribution in [2.75, 3.05) is 27.4 Å². The summed E-state index contributed by atoms with van der Waals surface area (Å²) in [6.45, 7) is 2.24. The molecule has 2 fully saturated rings. The average Bonchev–Trinajstić information content (AvgIpc) is 3.89. The van der Waals surface area contributed by atoms with Gasteiger partial charge < -0.3 is 24.1 Å². The molecule has 4 atom stereocenters. The second-order valence-electron chi connectivity index (χ2n) is 10.9. The number of rotatable bonds is 14. The van der Waals surface area contributed by atoms with Crippen LogP contribution in [0.2, 0.25) is 0 Å². The molecule has 43 heavy (non-hydrogen) atoms. The van der Waals surface area contributed by atoms with Gasteiger partial charge in [0, 0.05) is 45.7 Å². The van der Waals surface area contributed by atoms with Gasteiger partial charge in [-0.15, -0.1) is 22.7 Å². The number of fused-ring (bicyclic) bond motifs is 2. The fourth-order valence-electron chi connectivity index (χ4n) is 5.36. The van der Waals surface area contributed by atoms with Gasteiger partial charge in [-0.1, -0.05) is 0 Å². The fraction of sp³-hybridized carbons (Fsp3) is 0.375. The van der Waals surface area contributed by atoms with E-state index < -0.39 is 17.8 Å². The molecule has 2 aliphatic carbocycles. The van der Waals surface area contributed by atoms with Crippen LogP contribution in [-0.4, -0.2) is 55.9 Å². The Morgan fingerprint density at radius 2 is 1.16 bits per heavy atom. The van der Waals surface area contributed by atoms with Crippen LogP contribution < -0.4 is 18.9 Å². The summed E-state index contributed by atoms with van der Waals surface area (Å²) in [7, 11) is 3.12. The number of ketones is 3. The van der Waals surface area contributed by atoms with Gasteiger partial charge in [-0.25, -0.2) is 0 Å². The Kier molecular flexibility index (Phi) is 7.87. The molecule has 1 N–H and O–H groups in total. The molecule has 2 aliphatic rings. The Balaban J connectivity index is 1.07. The van der Waals surface area contributed by atoms with Gasteiger partial charge in [-0.2, -0.15) is 0 Å². The zero-order chi connectivity index (χ0) is 30.4. The number of carbonyl (C=O) groups excluding carboxylic acids is 3. The minimum absolute atomic E-state index is 0.0219. The first-order chi connectivity index (χ1) is 20.7. The maximum absolute atomic E-state index is 12.8. The molecule has 11 heteroatoms. The Morgan fingerprint density at radius 1 is 0.698 bits per heavy atom. The molecule has 0 aliphatic heterocycles. The lowest BCUT2D eigenvalue weighted by molar-refractivity contribution is -0.138. The smallest absolute Gasteiger partial charge is 0.307 e. The Labute approximate surface area is 255 Å². The summed E-state index contributed by atoms with van der Waals surface area (Å²) >= 11 is 2.72. The van der Waals surface area contributed by atoms with Gasteiger partial charge in [0.1, 0.15) is 5.78 Å². The van der Waals surface area contributed by atoms with Gasteiger partial charge in [0.25, 0.3) is 0 Å². The molecular weight excluding hydrogens is 592 g/mol. The van der Waals surface area contributed by atoms with Crippen molar-refractivity contribution in [1.82, 2.24) is 0 Å². The van der Waals surface area contributed by atoms with Crippen LogP contribution >= 0.6 is 22.7 Å². The molecule has 0 bridgehead atoms. The van der Waals surface area contributed by atoms with Crippen LogP contribution in [0.3, 0.4) is 0 Å². The predicted octanol–water partition coefficient (Wildman–Crippen LogP) is 6.29. The molecule has 224 valence electrons. The van der Waals surface area contributed by atoms with Gasteiger partial charge in [0.05, 0.1) is 43.1 Å². The summed E-state index contributed by atoms with van der Waals surface area (Å²) in [5.41, 5.74) is 0. The zero-order valence-electron chi connectivity index (χ0n) is 23.8. The van der Waals surface area contributed by atoms with Crippen LogP contribution in [0.5, 0.6) is 23.0 Å². The minimum atomic E-state index is -0.925. The summed E-state index contributed by atoms with van der Waals surface area (Å²) in [4.78, 5) is 49.6. The third-order valence-corrected chi connectivity index (χ3v) is 10.2. The van der Waals surface area contributed by atoms with E-state index in [1.807, 2.05) is 30.3 Å². The lowest BCUT2D eigenvalue weighted by Crippen LogP contribution is -2.06. The molecular formula is C32H30O9S2. The molecule has 2 saturated carbocycles. The second kappa shape index (κ2) is 11.6. The average molecular weight is 623 g/mol. The van der Waals surface area contributed by atoms with E-state index in [0.29, 0.717) is 65.2 Å². The second-order valence-corrected chi connectivity index (χ2v) is 13.1. The van der Waals surface area contributed by atoms with Gasteiger partial charge in [-0.3, -0.25) is 19.2 Å². The van der Waals surface area contributed by atoms with Crippen molar-refractivity contribution in [1.29, 1.82) is 0 Å². The summed E-state index contributed by atoms with van der Waals surface area (Å²) in [6, 6.07) is 11.0. The number of benzene rings is 2. The summed E-state index contributed by atoms with van der Waals surface area (Å²) in [5, 5.41) is 10.9. The highest BCUT2D eigenvalue weighted by molar-refractivity contribution is 7.21. The maximum Gasteiger partial charge on any atom is 0.307 e. The Hall–Kier alpha value is -3.96. The number of hydrogen-bond donors (Lipinski definition) is 1. The van der Waals surface area contributed by atoms with E-state index in [0.717, 1.165) is 20.2 Å². The molecule has 0 radical (unpaired) electrons. The van der Waals surface area contributed by atoms with Gasteiger partial charge in [0.15, 0.2) is 34.6 Å². The molecule has 6 rings (SSSR count). The zero-order valence-corrected chi connectivity index (χ0v) is 25.5. The van der Waals surface area contributed by atoms with Crippen molar-refractivity contribution in [3.05, 3.63) is 46.2 Å². The van der Waals surface area contributed by atoms with Crippen LogP contribution in [0.25, 0.3) is 20.2 Å². The van der Waals surface area contributed by atoms with Crippen molar-refractivity contribution >= 4 is 66.2 Å². The highest BCUT2D eigenvalue weighted by Gasteiger charge is 2.49. The molecule has 0 amide bonds. The minimum Gasteiger partial charge on any atom is -0.493 e. The lowest BCUT2D eigenvalue weighted by atomic mass is 10.1. The van der Waals surface area contributed by atoms with E-state index in [4.69, 9.17) is 24.1 Å². The third kappa shape index (κ3) is 5.83. The molecule has 2 aromatic carbocycles. The van der Waals surface area contributed by atoms with Crippen LogP contribution in [0.4, 0.5) is 0 Å². The first-order valence-electron chi connectivity index (χ1n) is 14.0. The molecule has 4 aromatic rings. The molecule has 2 aromatic heterocycles. The van der Waals surface area contributed by atoms with Crippen LogP contribution in [0.1, 0.15) is 45.5 Å². The number of carboxylic acid groups (broad SMARTS) is 1. The highest BCUT2D eigenvalue weighted by Crippen LogP contribution is 2.45. The molecule has 0 saturated heterocycles. The lowest BCUT2D eigenvalue weighted by Gasteiger charge is -2.13. The molecule has 0 unspecified atom stereocenters. The van der Waals surface area contributed by atoms with E-state index in [9.17, 15) is 19.2 Å². The number of thiophene rings is 2. The number of carboxylic acids is 1. The van der Waals surface area contributed by atoms with Crippen molar-refractivity contribution in [2.45, 2.75) is 26.2 Å². The van der Waals surface area contributed by atoms with Gasteiger partial charge in [0.2, 0.25) is 0 Å². The topological polar surface area (TPSA) is 125 Å². The summed E-state index contributed by atoms with van der Waals surface area (Å²) in [6.07, 6.45) is 1.58. The van der Waals surface area contributed by atoms with Crippen molar-refractivity contribution in [2.24, 2.45) is 23.7 Å². The first-order valence-corrected chi connectivity index (χ1v) is 15.6. The number of carbonyl (C=O) groups is 4. The van der Waals surface area contributed by atoms with Crippen molar-refractivity contribution in [3.63, 3.8) is 0 Å². The SMILES string of the molecule is COc1cc2sc(C(=O)[C@H]3C[C@@H]3C(C)=O)cc2cc1OCCCOc1cc2cc(C(=O)[C@@H]3C[C@H]3C(=O)O)sc2cc1OC.